The van der Waals surface area contributed by atoms with Gasteiger partial charge in [-0.3, -0.25) is 4.79 Å². The fourth-order valence-corrected chi connectivity index (χ4v) is 5.19. The lowest BCUT2D eigenvalue weighted by Gasteiger charge is -2.41. The highest BCUT2D eigenvalue weighted by molar-refractivity contribution is 6.31. The van der Waals surface area contributed by atoms with Crippen LogP contribution in [0.25, 0.3) is 0 Å². The largest absolute Gasteiger partial charge is 0.393 e. The number of hydrogen-bond acceptors (Lipinski definition) is 3. The number of rotatable bonds is 2. The predicted octanol–water partition coefficient (Wildman–Crippen LogP) is 3.60. The first-order valence-electron chi connectivity index (χ1n) is 9.68. The number of aliphatic hydroxyl groups excluding tert-OH is 1. The van der Waals surface area contributed by atoms with Gasteiger partial charge in [-0.05, 0) is 57.1 Å². The van der Waals surface area contributed by atoms with Crippen molar-refractivity contribution in [2.75, 3.05) is 24.5 Å². The van der Waals surface area contributed by atoms with Crippen molar-refractivity contribution in [1.82, 2.24) is 4.90 Å². The zero-order valence-electron chi connectivity index (χ0n) is 15.0. The van der Waals surface area contributed by atoms with E-state index < -0.39 is 11.2 Å². The first-order valence-corrected chi connectivity index (χ1v) is 10.1. The fourth-order valence-electron chi connectivity index (χ4n) is 5.02. The minimum atomic E-state index is -0.400. The number of anilines is 1. The second kappa shape index (κ2) is 7.01. The van der Waals surface area contributed by atoms with Gasteiger partial charge in [0.25, 0.3) is 0 Å². The molecular weight excluding hydrogens is 355 g/mol. The summed E-state index contributed by atoms with van der Waals surface area (Å²) in [6.45, 7) is 2.10. The average molecular weight is 381 g/mol. The number of nitrogens with zero attached hydrogens (tertiary/aromatic N) is 2. The highest BCUT2D eigenvalue weighted by atomic mass is 35.5. The van der Waals surface area contributed by atoms with E-state index in [0.717, 1.165) is 58.0 Å². The zero-order chi connectivity index (χ0) is 18.3. The van der Waals surface area contributed by atoms with Crippen molar-refractivity contribution >= 4 is 23.2 Å². The minimum absolute atomic E-state index is 0.127. The lowest BCUT2D eigenvalue weighted by molar-refractivity contribution is -0.139. The molecule has 1 spiro atoms. The van der Waals surface area contributed by atoms with Crippen LogP contribution >= 0.6 is 11.6 Å². The van der Waals surface area contributed by atoms with Crippen LogP contribution in [0.2, 0.25) is 5.02 Å². The molecule has 2 aliphatic heterocycles. The second-order valence-corrected chi connectivity index (χ2v) is 8.50. The van der Waals surface area contributed by atoms with Gasteiger partial charge in [0, 0.05) is 25.7 Å². The van der Waals surface area contributed by atoms with Gasteiger partial charge in [0.1, 0.15) is 0 Å². The Labute approximate surface area is 158 Å². The molecule has 2 heterocycles. The molecule has 0 radical (unpaired) electrons. The summed E-state index contributed by atoms with van der Waals surface area (Å²) < 4.78 is 14.5. The lowest BCUT2D eigenvalue weighted by Crippen LogP contribution is -2.50. The maximum atomic E-state index is 14.5. The Morgan fingerprint density at radius 3 is 2.69 bits per heavy atom. The fraction of sp³-hybridized carbons (Fsp3) is 0.650. The Kier molecular flexibility index (Phi) is 4.86. The molecule has 1 aliphatic carbocycles. The van der Waals surface area contributed by atoms with E-state index in [9.17, 15) is 14.3 Å². The molecule has 4 nitrogen and oxygen atoms in total. The molecule has 4 rings (SSSR count). The third-order valence-electron chi connectivity index (χ3n) is 6.50. The van der Waals surface area contributed by atoms with E-state index in [1.165, 1.54) is 0 Å². The van der Waals surface area contributed by atoms with Crippen LogP contribution in [-0.4, -0.2) is 47.7 Å². The van der Waals surface area contributed by atoms with E-state index in [0.29, 0.717) is 12.2 Å². The number of halogens is 2. The van der Waals surface area contributed by atoms with Gasteiger partial charge < -0.3 is 14.9 Å². The van der Waals surface area contributed by atoms with Gasteiger partial charge in [-0.2, -0.15) is 0 Å². The summed E-state index contributed by atoms with van der Waals surface area (Å²) in [4.78, 5) is 17.4. The molecule has 26 heavy (non-hydrogen) atoms. The predicted molar refractivity (Wildman–Crippen MR) is 99.9 cm³/mol. The molecule has 1 atom stereocenters. The van der Waals surface area contributed by atoms with Gasteiger partial charge in [0.05, 0.1) is 22.2 Å². The minimum Gasteiger partial charge on any atom is -0.393 e. The van der Waals surface area contributed by atoms with Crippen molar-refractivity contribution in [2.24, 2.45) is 5.41 Å². The third kappa shape index (κ3) is 3.09. The first kappa shape index (κ1) is 18.1. The summed E-state index contributed by atoms with van der Waals surface area (Å²) in [6.07, 6.45) is 5.71. The average Bonchev–Trinajstić information content (AvgIpc) is 2.94. The van der Waals surface area contributed by atoms with Crippen LogP contribution in [0.3, 0.4) is 0 Å². The van der Waals surface area contributed by atoms with Crippen molar-refractivity contribution in [2.45, 2.75) is 57.1 Å². The number of carbonyl (C=O) groups excluding carboxylic acids is 1. The van der Waals surface area contributed by atoms with E-state index >= 15 is 0 Å². The summed E-state index contributed by atoms with van der Waals surface area (Å²) >= 11 is 5.95. The molecule has 142 valence electrons. The van der Waals surface area contributed by atoms with Crippen LogP contribution in [-0.2, 0) is 4.79 Å². The van der Waals surface area contributed by atoms with Crippen LogP contribution in [0, 0.1) is 11.2 Å². The van der Waals surface area contributed by atoms with Crippen LogP contribution in [0.1, 0.15) is 44.9 Å². The SMILES string of the molecule is O=C1N([C@H]2CC[C@H](O)CC2)CC[C@@]12CCCN(c1cccc(Cl)c1F)C2. The molecule has 1 N–H and O–H groups in total. The first-order chi connectivity index (χ1) is 12.5. The Balaban J connectivity index is 1.52. The number of piperidine rings is 1. The molecule has 3 aliphatic rings. The highest BCUT2D eigenvalue weighted by Crippen LogP contribution is 2.44. The van der Waals surface area contributed by atoms with Crippen molar-refractivity contribution < 1.29 is 14.3 Å². The summed E-state index contributed by atoms with van der Waals surface area (Å²) in [6, 6.07) is 5.32. The topological polar surface area (TPSA) is 43.8 Å². The Morgan fingerprint density at radius 1 is 1.15 bits per heavy atom. The number of hydrogen-bond donors (Lipinski definition) is 1. The summed E-state index contributed by atoms with van der Waals surface area (Å²) in [5.74, 6) is -0.166. The van der Waals surface area contributed by atoms with Gasteiger partial charge in [0.2, 0.25) is 5.91 Å². The Hall–Kier alpha value is -1.33. The van der Waals surface area contributed by atoms with E-state index in [1.54, 1.807) is 18.2 Å². The van der Waals surface area contributed by atoms with Crippen LogP contribution < -0.4 is 4.90 Å². The summed E-state index contributed by atoms with van der Waals surface area (Å²) in [7, 11) is 0. The van der Waals surface area contributed by atoms with E-state index in [2.05, 4.69) is 0 Å². The number of carbonyl (C=O) groups is 1. The highest BCUT2D eigenvalue weighted by Gasteiger charge is 2.50. The Bertz CT molecular complexity index is 692. The lowest BCUT2D eigenvalue weighted by atomic mass is 9.78. The molecular formula is C20H26ClFN2O2. The Morgan fingerprint density at radius 2 is 1.92 bits per heavy atom. The number of benzene rings is 1. The molecule has 0 bridgehead atoms. The van der Waals surface area contributed by atoms with E-state index in [1.807, 2.05) is 9.80 Å². The number of likely N-dealkylation sites (tertiary alicyclic amines) is 1. The molecule has 3 fully saturated rings. The van der Waals surface area contributed by atoms with E-state index in [-0.39, 0.29) is 23.1 Å². The van der Waals surface area contributed by atoms with E-state index in [4.69, 9.17) is 11.6 Å². The summed E-state index contributed by atoms with van der Waals surface area (Å²) in [5, 5.41) is 9.86. The van der Waals surface area contributed by atoms with Crippen molar-refractivity contribution in [3.63, 3.8) is 0 Å². The molecule has 0 unspecified atom stereocenters. The monoisotopic (exact) mass is 380 g/mol. The van der Waals surface area contributed by atoms with Gasteiger partial charge in [-0.25, -0.2) is 4.39 Å². The van der Waals surface area contributed by atoms with Gasteiger partial charge in [-0.15, -0.1) is 0 Å². The van der Waals surface area contributed by atoms with Crippen molar-refractivity contribution in [3.05, 3.63) is 29.0 Å². The van der Waals surface area contributed by atoms with Crippen LogP contribution in [0.4, 0.5) is 10.1 Å². The molecule has 2 saturated heterocycles. The molecule has 1 aromatic rings. The summed E-state index contributed by atoms with van der Waals surface area (Å²) in [5.41, 5.74) is 0.104. The van der Waals surface area contributed by atoms with Crippen LogP contribution in [0.5, 0.6) is 0 Å². The molecule has 1 saturated carbocycles. The van der Waals surface area contributed by atoms with Crippen molar-refractivity contribution in [3.8, 4) is 0 Å². The molecule has 0 aromatic heterocycles. The maximum Gasteiger partial charge on any atom is 0.230 e. The smallest absolute Gasteiger partial charge is 0.230 e. The normalized spacial score (nSPS) is 32.5. The zero-order valence-corrected chi connectivity index (χ0v) is 15.7. The standard InChI is InChI=1S/C20H26ClFN2O2/c21-16-3-1-4-17(18(16)22)23-11-2-9-20(13-23)10-12-24(19(20)26)14-5-7-15(25)8-6-14/h1,3-4,14-15,25H,2,5-13H2/t14-,15-,20-/m1/s1. The quantitative estimate of drug-likeness (QED) is 0.852. The molecule has 1 aromatic carbocycles. The van der Waals surface area contributed by atoms with Crippen LogP contribution in [0.15, 0.2) is 18.2 Å². The maximum absolute atomic E-state index is 14.5. The number of aliphatic hydroxyl groups is 1. The van der Waals surface area contributed by atoms with Gasteiger partial charge in [0.15, 0.2) is 5.82 Å². The number of amides is 1. The van der Waals surface area contributed by atoms with Crippen molar-refractivity contribution in [1.29, 1.82) is 0 Å². The molecule has 1 amide bonds. The third-order valence-corrected chi connectivity index (χ3v) is 6.79. The molecule has 6 heteroatoms. The second-order valence-electron chi connectivity index (χ2n) is 8.09. The van der Waals surface area contributed by atoms with Gasteiger partial charge in [-0.1, -0.05) is 17.7 Å². The van der Waals surface area contributed by atoms with Gasteiger partial charge >= 0.3 is 0 Å².